The summed E-state index contributed by atoms with van der Waals surface area (Å²) < 4.78 is 7.17. The maximum Gasteiger partial charge on any atom is 0.332 e. The van der Waals surface area contributed by atoms with Gasteiger partial charge in [-0.15, -0.1) is 0 Å². The molecular weight excluding hydrogens is 328 g/mol. The van der Waals surface area contributed by atoms with E-state index in [4.69, 9.17) is 10.5 Å². The molecule has 9 nitrogen and oxygen atoms in total. The molecule has 134 valence electrons. The lowest BCUT2D eigenvalue weighted by molar-refractivity contribution is -0.520. The molecule has 0 saturated carbocycles. The Bertz CT molecular complexity index is 931. The molecule has 0 aliphatic carbocycles. The van der Waals surface area contributed by atoms with Crippen molar-refractivity contribution in [2.75, 3.05) is 12.8 Å². The number of nitrogens with zero attached hydrogens (tertiary/aromatic N) is 3. The van der Waals surface area contributed by atoms with Crippen LogP contribution in [-0.2, 0) is 14.1 Å². The standard InChI is InChI=1S/C16H20N4O5/c1-9(20(23)24)12(10-6-5-7-11(8-10)25-4)13-14(17)18(2)16(22)19(3)15(13)21/h5-9,12H,17H2,1-4H3/t9-,12+/m1/s1. The van der Waals surface area contributed by atoms with Crippen molar-refractivity contribution in [3.8, 4) is 5.75 Å². The second-order valence-corrected chi connectivity index (χ2v) is 5.78. The Morgan fingerprint density at radius 1 is 1.24 bits per heavy atom. The Labute approximate surface area is 143 Å². The third-order valence-electron chi connectivity index (χ3n) is 4.33. The number of rotatable bonds is 5. The zero-order valence-electron chi connectivity index (χ0n) is 14.4. The molecule has 0 saturated heterocycles. The average Bonchev–Trinajstić information content (AvgIpc) is 2.61. The van der Waals surface area contributed by atoms with Crippen molar-refractivity contribution in [3.05, 3.63) is 66.3 Å². The highest BCUT2D eigenvalue weighted by Gasteiger charge is 2.35. The summed E-state index contributed by atoms with van der Waals surface area (Å²) in [5.74, 6) is -0.525. The van der Waals surface area contributed by atoms with Gasteiger partial charge in [0, 0.05) is 25.9 Å². The summed E-state index contributed by atoms with van der Waals surface area (Å²) in [5, 5.41) is 11.5. The van der Waals surface area contributed by atoms with Crippen molar-refractivity contribution in [1.82, 2.24) is 9.13 Å². The summed E-state index contributed by atoms with van der Waals surface area (Å²) in [6.07, 6.45) is 0. The van der Waals surface area contributed by atoms with Crippen LogP contribution in [0.3, 0.4) is 0 Å². The van der Waals surface area contributed by atoms with Crippen molar-refractivity contribution >= 4 is 5.82 Å². The molecular formula is C16H20N4O5. The summed E-state index contributed by atoms with van der Waals surface area (Å²) in [7, 11) is 4.21. The molecule has 0 bridgehead atoms. The Morgan fingerprint density at radius 2 is 1.88 bits per heavy atom. The monoisotopic (exact) mass is 348 g/mol. The molecule has 0 radical (unpaired) electrons. The number of ether oxygens (including phenoxy) is 1. The van der Waals surface area contributed by atoms with Gasteiger partial charge in [-0.05, 0) is 17.7 Å². The van der Waals surface area contributed by atoms with Gasteiger partial charge < -0.3 is 10.5 Å². The number of nitrogen functional groups attached to an aromatic ring is 1. The number of anilines is 1. The van der Waals surface area contributed by atoms with E-state index in [0.29, 0.717) is 11.3 Å². The van der Waals surface area contributed by atoms with Gasteiger partial charge in [-0.1, -0.05) is 12.1 Å². The summed E-state index contributed by atoms with van der Waals surface area (Å²) in [4.78, 5) is 35.7. The lowest BCUT2D eigenvalue weighted by Gasteiger charge is -2.22. The molecule has 1 aromatic carbocycles. The fourth-order valence-electron chi connectivity index (χ4n) is 2.82. The maximum absolute atomic E-state index is 12.7. The van der Waals surface area contributed by atoms with Gasteiger partial charge in [-0.3, -0.25) is 24.0 Å². The third-order valence-corrected chi connectivity index (χ3v) is 4.33. The summed E-state index contributed by atoms with van der Waals surface area (Å²) in [5.41, 5.74) is 5.27. The van der Waals surface area contributed by atoms with Crippen molar-refractivity contribution in [3.63, 3.8) is 0 Å². The minimum atomic E-state index is -1.14. The summed E-state index contributed by atoms with van der Waals surface area (Å²) in [6.45, 7) is 1.40. The fourth-order valence-corrected chi connectivity index (χ4v) is 2.82. The zero-order valence-corrected chi connectivity index (χ0v) is 14.4. The molecule has 0 amide bonds. The molecule has 0 aliphatic heterocycles. The first-order valence-corrected chi connectivity index (χ1v) is 7.53. The van der Waals surface area contributed by atoms with E-state index in [9.17, 15) is 19.7 Å². The van der Waals surface area contributed by atoms with Crippen LogP contribution in [0, 0.1) is 10.1 Å². The highest BCUT2D eigenvalue weighted by Crippen LogP contribution is 2.32. The molecule has 0 aliphatic rings. The molecule has 0 spiro atoms. The SMILES string of the molecule is COc1cccc([C@@H](c2c(N)n(C)c(=O)n(C)c2=O)[C@@H](C)[N+](=O)[O-])c1. The van der Waals surface area contributed by atoms with Gasteiger partial charge >= 0.3 is 5.69 Å². The Hall–Kier alpha value is -3.10. The van der Waals surface area contributed by atoms with Crippen molar-refractivity contribution < 1.29 is 9.66 Å². The number of hydrogen-bond donors (Lipinski definition) is 1. The average molecular weight is 348 g/mol. The number of aromatic nitrogens is 2. The van der Waals surface area contributed by atoms with Crippen molar-refractivity contribution in [2.24, 2.45) is 14.1 Å². The molecule has 1 aromatic heterocycles. The first-order valence-electron chi connectivity index (χ1n) is 7.53. The van der Waals surface area contributed by atoms with Gasteiger partial charge in [0.25, 0.3) is 5.56 Å². The molecule has 2 aromatic rings. The second kappa shape index (κ2) is 6.80. The summed E-state index contributed by atoms with van der Waals surface area (Å²) >= 11 is 0. The topological polar surface area (TPSA) is 122 Å². The van der Waals surface area contributed by atoms with Crippen LogP contribution in [0.25, 0.3) is 0 Å². The number of benzene rings is 1. The Kier molecular flexibility index (Phi) is 4.96. The smallest absolute Gasteiger partial charge is 0.332 e. The quantitative estimate of drug-likeness (QED) is 0.619. The van der Waals surface area contributed by atoms with Gasteiger partial charge in [-0.25, -0.2) is 4.79 Å². The highest BCUT2D eigenvalue weighted by atomic mass is 16.6. The Morgan fingerprint density at radius 3 is 2.44 bits per heavy atom. The van der Waals surface area contributed by atoms with Gasteiger partial charge in [-0.2, -0.15) is 0 Å². The van der Waals surface area contributed by atoms with E-state index >= 15 is 0 Å². The molecule has 0 unspecified atom stereocenters. The number of nitro groups is 1. The van der Waals surface area contributed by atoms with E-state index in [2.05, 4.69) is 0 Å². The van der Waals surface area contributed by atoms with Crippen LogP contribution >= 0.6 is 0 Å². The molecule has 9 heteroatoms. The molecule has 25 heavy (non-hydrogen) atoms. The minimum absolute atomic E-state index is 0.0158. The van der Waals surface area contributed by atoms with Crippen LogP contribution in [0.4, 0.5) is 5.82 Å². The van der Waals surface area contributed by atoms with E-state index in [1.54, 1.807) is 24.3 Å². The largest absolute Gasteiger partial charge is 0.497 e. The predicted molar refractivity (Wildman–Crippen MR) is 92.6 cm³/mol. The Balaban J connectivity index is 2.85. The first kappa shape index (κ1) is 18.2. The van der Waals surface area contributed by atoms with E-state index in [1.165, 1.54) is 28.1 Å². The van der Waals surface area contributed by atoms with Gasteiger partial charge in [0.2, 0.25) is 6.04 Å². The highest BCUT2D eigenvalue weighted by molar-refractivity contribution is 5.47. The molecule has 0 fully saturated rings. The van der Waals surface area contributed by atoms with E-state index in [-0.39, 0.29) is 11.4 Å². The van der Waals surface area contributed by atoms with Crippen LogP contribution < -0.4 is 21.7 Å². The molecule has 2 atom stereocenters. The molecule has 2 N–H and O–H groups in total. The molecule has 2 rings (SSSR count). The third kappa shape index (κ3) is 3.12. The van der Waals surface area contributed by atoms with E-state index in [0.717, 1.165) is 9.13 Å². The van der Waals surface area contributed by atoms with Crippen LogP contribution in [0.2, 0.25) is 0 Å². The zero-order chi connectivity index (χ0) is 18.9. The van der Waals surface area contributed by atoms with Crippen LogP contribution in [0.1, 0.15) is 24.0 Å². The lowest BCUT2D eigenvalue weighted by Crippen LogP contribution is -2.43. The van der Waals surface area contributed by atoms with E-state index in [1.807, 2.05) is 0 Å². The number of hydrogen-bond acceptors (Lipinski definition) is 6. The van der Waals surface area contributed by atoms with Gasteiger partial charge in [0.05, 0.1) is 18.6 Å². The van der Waals surface area contributed by atoms with Crippen molar-refractivity contribution in [1.29, 1.82) is 0 Å². The minimum Gasteiger partial charge on any atom is -0.497 e. The van der Waals surface area contributed by atoms with E-state index < -0.39 is 28.1 Å². The number of nitrogens with two attached hydrogens (primary N) is 1. The fraction of sp³-hybridized carbons (Fsp3) is 0.375. The maximum atomic E-state index is 12.7. The first-order chi connectivity index (χ1) is 11.7. The van der Waals surface area contributed by atoms with Crippen molar-refractivity contribution in [2.45, 2.75) is 18.9 Å². The lowest BCUT2D eigenvalue weighted by atomic mass is 9.86. The van der Waals surface area contributed by atoms with Crippen LogP contribution in [0.15, 0.2) is 33.9 Å². The van der Waals surface area contributed by atoms with Crippen LogP contribution in [0.5, 0.6) is 5.75 Å². The second-order valence-electron chi connectivity index (χ2n) is 5.78. The summed E-state index contributed by atoms with van der Waals surface area (Å²) in [6, 6.07) is 5.52. The number of methoxy groups -OCH3 is 1. The normalized spacial score (nSPS) is 13.3. The van der Waals surface area contributed by atoms with Crippen LogP contribution in [-0.4, -0.2) is 27.2 Å². The molecule has 1 heterocycles. The van der Waals surface area contributed by atoms with Gasteiger partial charge in [0.15, 0.2) is 0 Å². The van der Waals surface area contributed by atoms with Gasteiger partial charge in [0.1, 0.15) is 11.6 Å². The predicted octanol–water partition coefficient (Wildman–Crippen LogP) is 0.472.